The molecule has 0 aliphatic rings. The average Bonchev–Trinajstić information content (AvgIpc) is 2.15. The van der Waals surface area contributed by atoms with Crippen molar-refractivity contribution in [3.8, 4) is 5.75 Å². The normalized spacial score (nSPS) is 14.1. The summed E-state index contributed by atoms with van der Waals surface area (Å²) in [5.74, 6) is -1.31. The molecule has 3 nitrogen and oxygen atoms in total. The molecule has 0 aliphatic carbocycles. The minimum atomic E-state index is -0.568. The minimum Gasteiger partial charge on any atom is -0.507 e. The molecule has 0 saturated carbocycles. The van der Waals surface area contributed by atoms with Gasteiger partial charge in [-0.05, 0) is 25.5 Å². The average molecular weight is 304 g/mol. The molecule has 2 atom stereocenters. The Morgan fingerprint density at radius 1 is 1.53 bits per heavy atom. The Hall–Kier alpha value is -1.10. The van der Waals surface area contributed by atoms with Crippen LogP contribution in [0.3, 0.4) is 0 Å². The lowest BCUT2D eigenvalue weighted by atomic mass is 10.1. The molecule has 0 saturated heterocycles. The van der Waals surface area contributed by atoms with Crippen LogP contribution in [-0.4, -0.2) is 21.9 Å². The van der Waals surface area contributed by atoms with Gasteiger partial charge in [-0.25, -0.2) is 4.39 Å². The summed E-state index contributed by atoms with van der Waals surface area (Å²) in [7, 11) is 0. The van der Waals surface area contributed by atoms with Crippen LogP contribution in [0.2, 0.25) is 0 Å². The van der Waals surface area contributed by atoms with E-state index < -0.39 is 11.7 Å². The van der Waals surface area contributed by atoms with Gasteiger partial charge in [-0.1, -0.05) is 22.9 Å². The molecular formula is C12H15BrFNO2. The number of amides is 1. The highest BCUT2D eigenvalue weighted by Crippen LogP contribution is 2.18. The molecule has 1 amide bonds. The fourth-order valence-corrected chi connectivity index (χ4v) is 2.11. The summed E-state index contributed by atoms with van der Waals surface area (Å²) in [6, 6.07) is 3.31. The fraction of sp³-hybridized carbons (Fsp3) is 0.417. The Bertz CT molecular complexity index is 409. The van der Waals surface area contributed by atoms with Gasteiger partial charge in [-0.2, -0.15) is 0 Å². The Morgan fingerprint density at radius 2 is 2.18 bits per heavy atom. The van der Waals surface area contributed by atoms with Crippen LogP contribution >= 0.6 is 15.9 Å². The zero-order valence-corrected chi connectivity index (χ0v) is 11.3. The molecule has 1 aromatic carbocycles. The third kappa shape index (κ3) is 4.34. The molecule has 94 valence electrons. The topological polar surface area (TPSA) is 49.3 Å². The van der Waals surface area contributed by atoms with Crippen LogP contribution in [0.25, 0.3) is 0 Å². The standard InChI is InChI=1S/C12H15BrFNO2/c1-7(13)5-8(2)15-12(17)10-4-3-9(14)6-11(10)16/h3-4,6-8,16H,5H2,1-2H3,(H,15,17). The Morgan fingerprint density at radius 3 is 2.71 bits per heavy atom. The van der Waals surface area contributed by atoms with Crippen LogP contribution in [0.15, 0.2) is 18.2 Å². The second kappa shape index (κ2) is 6.00. The Kier molecular flexibility index (Phi) is 4.93. The molecule has 0 aromatic heterocycles. The predicted molar refractivity (Wildman–Crippen MR) is 68.0 cm³/mol. The summed E-state index contributed by atoms with van der Waals surface area (Å²) in [4.78, 5) is 12.1. The van der Waals surface area contributed by atoms with Gasteiger partial charge in [0.2, 0.25) is 0 Å². The van der Waals surface area contributed by atoms with E-state index in [1.165, 1.54) is 6.07 Å². The number of carbonyl (C=O) groups excluding carboxylic acids is 1. The molecule has 2 unspecified atom stereocenters. The molecular weight excluding hydrogens is 289 g/mol. The summed E-state index contributed by atoms with van der Waals surface area (Å²) >= 11 is 3.39. The molecule has 0 bridgehead atoms. The van der Waals surface area contributed by atoms with Crippen molar-refractivity contribution in [1.29, 1.82) is 0 Å². The molecule has 1 rings (SSSR count). The maximum absolute atomic E-state index is 12.7. The number of hydrogen-bond acceptors (Lipinski definition) is 2. The molecule has 0 aliphatic heterocycles. The van der Waals surface area contributed by atoms with Crippen LogP contribution in [0.1, 0.15) is 30.6 Å². The Labute approximate surface area is 108 Å². The fourth-order valence-electron chi connectivity index (χ4n) is 1.54. The molecule has 1 aromatic rings. The largest absolute Gasteiger partial charge is 0.507 e. The summed E-state index contributed by atoms with van der Waals surface area (Å²) in [5.41, 5.74) is 0.0838. The number of halogens is 2. The van der Waals surface area contributed by atoms with Crippen LogP contribution in [0.4, 0.5) is 4.39 Å². The zero-order chi connectivity index (χ0) is 13.0. The number of phenols is 1. The lowest BCUT2D eigenvalue weighted by Gasteiger charge is -2.15. The van der Waals surface area contributed by atoms with Crippen molar-refractivity contribution in [2.75, 3.05) is 0 Å². The van der Waals surface area contributed by atoms with E-state index in [1.54, 1.807) is 0 Å². The maximum atomic E-state index is 12.7. The van der Waals surface area contributed by atoms with Gasteiger partial charge in [0.15, 0.2) is 0 Å². The van der Waals surface area contributed by atoms with Gasteiger partial charge in [0.1, 0.15) is 11.6 Å². The van der Waals surface area contributed by atoms with Crippen LogP contribution in [0, 0.1) is 5.82 Å². The van der Waals surface area contributed by atoms with Crippen LogP contribution in [0.5, 0.6) is 5.75 Å². The molecule has 0 fully saturated rings. The summed E-state index contributed by atoms with van der Waals surface area (Å²) in [5, 5.41) is 12.2. The van der Waals surface area contributed by atoms with E-state index in [4.69, 9.17) is 0 Å². The molecule has 5 heteroatoms. The SMILES string of the molecule is CC(Br)CC(C)NC(=O)c1ccc(F)cc1O. The van der Waals surface area contributed by atoms with Crippen molar-refractivity contribution in [3.05, 3.63) is 29.6 Å². The predicted octanol–water partition coefficient (Wildman–Crippen LogP) is 2.82. The van der Waals surface area contributed by atoms with E-state index >= 15 is 0 Å². The molecule has 0 radical (unpaired) electrons. The van der Waals surface area contributed by atoms with E-state index in [0.29, 0.717) is 4.83 Å². The van der Waals surface area contributed by atoms with E-state index in [-0.39, 0.29) is 17.4 Å². The second-order valence-corrected chi connectivity index (χ2v) is 5.62. The first-order chi connectivity index (χ1) is 7.90. The van der Waals surface area contributed by atoms with Gasteiger partial charge < -0.3 is 10.4 Å². The molecule has 17 heavy (non-hydrogen) atoms. The van der Waals surface area contributed by atoms with Gasteiger partial charge in [0, 0.05) is 16.9 Å². The quantitative estimate of drug-likeness (QED) is 0.840. The van der Waals surface area contributed by atoms with Gasteiger partial charge in [-0.3, -0.25) is 4.79 Å². The van der Waals surface area contributed by atoms with Gasteiger partial charge in [0.05, 0.1) is 5.56 Å². The summed E-state index contributed by atoms with van der Waals surface area (Å²) < 4.78 is 12.7. The van der Waals surface area contributed by atoms with E-state index in [1.807, 2.05) is 13.8 Å². The highest BCUT2D eigenvalue weighted by Gasteiger charge is 2.15. The van der Waals surface area contributed by atoms with E-state index in [2.05, 4.69) is 21.2 Å². The third-order valence-electron chi connectivity index (χ3n) is 2.26. The lowest BCUT2D eigenvalue weighted by Crippen LogP contribution is -2.33. The van der Waals surface area contributed by atoms with Crippen molar-refractivity contribution in [1.82, 2.24) is 5.32 Å². The smallest absolute Gasteiger partial charge is 0.255 e. The number of benzene rings is 1. The van der Waals surface area contributed by atoms with Crippen molar-refractivity contribution in [3.63, 3.8) is 0 Å². The minimum absolute atomic E-state index is 0.0265. The lowest BCUT2D eigenvalue weighted by molar-refractivity contribution is 0.0936. The zero-order valence-electron chi connectivity index (χ0n) is 9.71. The first kappa shape index (κ1) is 14.0. The second-order valence-electron chi connectivity index (χ2n) is 4.05. The Balaban J connectivity index is 2.70. The van der Waals surface area contributed by atoms with Crippen LogP contribution < -0.4 is 5.32 Å². The van der Waals surface area contributed by atoms with Crippen molar-refractivity contribution < 1.29 is 14.3 Å². The van der Waals surface area contributed by atoms with Gasteiger partial charge >= 0.3 is 0 Å². The van der Waals surface area contributed by atoms with E-state index in [0.717, 1.165) is 18.6 Å². The summed E-state index contributed by atoms with van der Waals surface area (Å²) in [6.45, 7) is 3.86. The molecule has 0 heterocycles. The number of hydrogen-bond donors (Lipinski definition) is 2. The number of carbonyl (C=O) groups is 1. The number of rotatable bonds is 4. The third-order valence-corrected chi connectivity index (χ3v) is 2.63. The monoisotopic (exact) mass is 303 g/mol. The van der Waals surface area contributed by atoms with Crippen LogP contribution in [-0.2, 0) is 0 Å². The molecule has 0 spiro atoms. The number of phenolic OH excluding ortho intramolecular Hbond substituents is 1. The first-order valence-electron chi connectivity index (χ1n) is 5.33. The maximum Gasteiger partial charge on any atom is 0.255 e. The highest BCUT2D eigenvalue weighted by molar-refractivity contribution is 9.09. The summed E-state index contributed by atoms with van der Waals surface area (Å²) in [6.07, 6.45) is 0.772. The van der Waals surface area contributed by atoms with Crippen molar-refractivity contribution >= 4 is 21.8 Å². The number of nitrogens with one attached hydrogen (secondary N) is 1. The number of aromatic hydroxyl groups is 1. The van der Waals surface area contributed by atoms with Gasteiger partial charge in [0.25, 0.3) is 5.91 Å². The molecule has 2 N–H and O–H groups in total. The van der Waals surface area contributed by atoms with Crippen molar-refractivity contribution in [2.45, 2.75) is 31.1 Å². The number of alkyl halides is 1. The van der Waals surface area contributed by atoms with E-state index in [9.17, 15) is 14.3 Å². The first-order valence-corrected chi connectivity index (χ1v) is 6.25. The van der Waals surface area contributed by atoms with Gasteiger partial charge in [-0.15, -0.1) is 0 Å². The van der Waals surface area contributed by atoms with Crippen molar-refractivity contribution in [2.24, 2.45) is 0 Å². The highest BCUT2D eigenvalue weighted by atomic mass is 79.9.